The Hall–Kier alpha value is -0.610. The van der Waals surface area contributed by atoms with Gasteiger partial charge < -0.3 is 10.4 Å². The summed E-state index contributed by atoms with van der Waals surface area (Å²) in [6.45, 7) is 7.77. The Kier molecular flexibility index (Phi) is 4.11. The highest BCUT2D eigenvalue weighted by molar-refractivity contribution is 5.81. The van der Waals surface area contributed by atoms with E-state index in [0.717, 1.165) is 12.8 Å². The van der Waals surface area contributed by atoms with Crippen molar-refractivity contribution in [1.82, 2.24) is 10.2 Å². The van der Waals surface area contributed by atoms with Gasteiger partial charge in [-0.15, -0.1) is 0 Å². The molecule has 1 aliphatic rings. The smallest absolute Gasteiger partial charge is 0.237 e. The van der Waals surface area contributed by atoms with Crippen molar-refractivity contribution in [3.63, 3.8) is 0 Å². The number of aliphatic hydroxyl groups is 1. The van der Waals surface area contributed by atoms with Crippen LogP contribution in [-0.4, -0.2) is 47.2 Å². The molecule has 1 atom stereocenters. The highest BCUT2D eigenvalue weighted by atomic mass is 16.3. The van der Waals surface area contributed by atoms with E-state index >= 15 is 0 Å². The number of carbonyl (C=O) groups is 1. The first-order chi connectivity index (χ1) is 7.02. The third-order valence-corrected chi connectivity index (χ3v) is 2.99. The third-order valence-electron chi connectivity index (χ3n) is 2.99. The lowest BCUT2D eigenvalue weighted by atomic mass is 9.88. The maximum absolute atomic E-state index is 11.5. The van der Waals surface area contributed by atoms with Gasteiger partial charge in [-0.25, -0.2) is 0 Å². The maximum atomic E-state index is 11.5. The van der Waals surface area contributed by atoms with Gasteiger partial charge in [-0.3, -0.25) is 9.69 Å². The number of carbonyl (C=O) groups excluding carboxylic acids is 1. The Morgan fingerprint density at radius 2 is 2.13 bits per heavy atom. The number of rotatable bonds is 5. The zero-order valence-electron chi connectivity index (χ0n) is 9.92. The molecule has 1 amide bonds. The van der Waals surface area contributed by atoms with E-state index in [1.54, 1.807) is 0 Å². The van der Waals surface area contributed by atoms with Gasteiger partial charge in [-0.2, -0.15) is 0 Å². The molecule has 1 unspecified atom stereocenters. The summed E-state index contributed by atoms with van der Waals surface area (Å²) in [5, 5.41) is 12.8. The van der Waals surface area contributed by atoms with Crippen LogP contribution in [0, 0.1) is 0 Å². The van der Waals surface area contributed by atoms with Crippen molar-refractivity contribution in [1.29, 1.82) is 0 Å². The number of likely N-dealkylation sites (N-methyl/N-ethyl adjacent to an activating group) is 1. The van der Waals surface area contributed by atoms with Gasteiger partial charge in [0.05, 0.1) is 11.6 Å². The Bertz CT molecular complexity index is 225. The molecule has 0 aromatic rings. The summed E-state index contributed by atoms with van der Waals surface area (Å²) >= 11 is 0. The van der Waals surface area contributed by atoms with Crippen LogP contribution >= 0.6 is 0 Å². The van der Waals surface area contributed by atoms with Crippen molar-refractivity contribution in [2.75, 3.05) is 19.6 Å². The first kappa shape index (κ1) is 12.5. The largest absolute Gasteiger partial charge is 0.387 e. The molecular formula is C11H22N2O2. The van der Waals surface area contributed by atoms with Gasteiger partial charge >= 0.3 is 0 Å². The number of hydrogen-bond donors (Lipinski definition) is 2. The van der Waals surface area contributed by atoms with Gasteiger partial charge in [0.15, 0.2) is 0 Å². The summed E-state index contributed by atoms with van der Waals surface area (Å²) in [5.41, 5.74) is -0.546. The van der Waals surface area contributed by atoms with E-state index in [1.807, 2.05) is 18.7 Å². The summed E-state index contributed by atoms with van der Waals surface area (Å²) in [4.78, 5) is 13.5. The molecule has 0 spiro atoms. The molecule has 0 aromatic heterocycles. The van der Waals surface area contributed by atoms with Crippen LogP contribution in [0.1, 0.15) is 33.6 Å². The normalized spacial score (nSPS) is 21.9. The van der Waals surface area contributed by atoms with Gasteiger partial charge in [0.1, 0.15) is 0 Å². The minimum Gasteiger partial charge on any atom is -0.387 e. The number of β-amino-alcohol motifs (C(OH)–C–C–N with tert-alkyl or cyclic N) is 1. The zero-order valence-corrected chi connectivity index (χ0v) is 9.92. The maximum Gasteiger partial charge on any atom is 0.237 e. The molecule has 1 heterocycles. The van der Waals surface area contributed by atoms with Gasteiger partial charge in [0.2, 0.25) is 5.91 Å². The predicted octanol–water partition coefficient (Wildman–Crippen LogP) is 0.358. The topological polar surface area (TPSA) is 52.6 Å². The Morgan fingerprint density at radius 1 is 1.53 bits per heavy atom. The average molecular weight is 214 g/mol. The predicted molar refractivity (Wildman–Crippen MR) is 59.6 cm³/mol. The Labute approximate surface area is 91.6 Å². The third kappa shape index (κ3) is 2.92. The fourth-order valence-corrected chi connectivity index (χ4v) is 2.09. The molecule has 1 aliphatic heterocycles. The van der Waals surface area contributed by atoms with Crippen molar-refractivity contribution in [3.8, 4) is 0 Å². The number of nitrogens with zero attached hydrogens (tertiary/aromatic N) is 1. The van der Waals surface area contributed by atoms with Gasteiger partial charge in [0, 0.05) is 19.6 Å². The van der Waals surface area contributed by atoms with E-state index in [1.165, 1.54) is 0 Å². The van der Waals surface area contributed by atoms with Gasteiger partial charge in [-0.1, -0.05) is 13.3 Å². The van der Waals surface area contributed by atoms with Crippen LogP contribution in [0.15, 0.2) is 0 Å². The molecule has 1 saturated heterocycles. The summed E-state index contributed by atoms with van der Waals surface area (Å²) in [5.74, 6) is 0.0519. The molecule has 4 heteroatoms. The minimum atomic E-state index is -0.546. The number of likely N-dealkylation sites (tertiary alicyclic amines) is 1. The molecule has 88 valence electrons. The minimum absolute atomic E-state index is 0.0519. The van der Waals surface area contributed by atoms with E-state index in [2.05, 4.69) is 12.2 Å². The zero-order chi connectivity index (χ0) is 11.5. The molecule has 1 rings (SSSR count). The van der Waals surface area contributed by atoms with Crippen LogP contribution in [-0.2, 0) is 4.79 Å². The van der Waals surface area contributed by atoms with Crippen LogP contribution < -0.4 is 5.32 Å². The van der Waals surface area contributed by atoms with Crippen LogP contribution in [0.2, 0.25) is 0 Å². The van der Waals surface area contributed by atoms with Crippen molar-refractivity contribution < 1.29 is 9.90 Å². The van der Waals surface area contributed by atoms with E-state index in [0.29, 0.717) is 19.6 Å². The standard InChI is InChI=1S/C11H22N2O2/c1-4-6-11(15)7-13(8-11)9(3)10(14)12-5-2/h9,15H,4-8H2,1-3H3,(H,12,14). The fourth-order valence-electron chi connectivity index (χ4n) is 2.09. The fraction of sp³-hybridized carbons (Fsp3) is 0.909. The summed E-state index contributed by atoms with van der Waals surface area (Å²) in [6, 6.07) is -0.123. The lowest BCUT2D eigenvalue weighted by Crippen LogP contribution is -2.66. The molecule has 0 aliphatic carbocycles. The van der Waals surface area contributed by atoms with Crippen LogP contribution in [0.25, 0.3) is 0 Å². The Morgan fingerprint density at radius 3 is 2.60 bits per heavy atom. The van der Waals surface area contributed by atoms with E-state index in [9.17, 15) is 9.90 Å². The Balaban J connectivity index is 2.34. The second kappa shape index (κ2) is 4.94. The van der Waals surface area contributed by atoms with Gasteiger partial charge in [0.25, 0.3) is 0 Å². The second-order valence-electron chi connectivity index (χ2n) is 4.45. The first-order valence-corrected chi connectivity index (χ1v) is 5.76. The number of amides is 1. The van der Waals surface area contributed by atoms with Crippen molar-refractivity contribution >= 4 is 5.91 Å². The van der Waals surface area contributed by atoms with Crippen LogP contribution in [0.5, 0.6) is 0 Å². The average Bonchev–Trinajstić information content (AvgIpc) is 2.13. The molecule has 4 nitrogen and oxygen atoms in total. The molecule has 15 heavy (non-hydrogen) atoms. The molecule has 0 radical (unpaired) electrons. The highest BCUT2D eigenvalue weighted by Crippen LogP contribution is 2.27. The van der Waals surface area contributed by atoms with Crippen LogP contribution in [0.4, 0.5) is 0 Å². The molecule has 2 N–H and O–H groups in total. The van der Waals surface area contributed by atoms with Crippen molar-refractivity contribution in [2.45, 2.75) is 45.3 Å². The number of hydrogen-bond acceptors (Lipinski definition) is 3. The molecule has 0 saturated carbocycles. The van der Waals surface area contributed by atoms with Crippen molar-refractivity contribution in [3.05, 3.63) is 0 Å². The van der Waals surface area contributed by atoms with Crippen molar-refractivity contribution in [2.24, 2.45) is 0 Å². The highest BCUT2D eigenvalue weighted by Gasteiger charge is 2.43. The lowest BCUT2D eigenvalue weighted by molar-refractivity contribution is -0.143. The lowest BCUT2D eigenvalue weighted by Gasteiger charge is -2.48. The summed E-state index contributed by atoms with van der Waals surface area (Å²) in [7, 11) is 0. The number of nitrogens with one attached hydrogen (secondary N) is 1. The van der Waals surface area contributed by atoms with E-state index in [-0.39, 0.29) is 11.9 Å². The SMILES string of the molecule is CCCC1(O)CN(C(C)C(=O)NCC)C1. The monoisotopic (exact) mass is 214 g/mol. The van der Waals surface area contributed by atoms with Crippen LogP contribution in [0.3, 0.4) is 0 Å². The summed E-state index contributed by atoms with van der Waals surface area (Å²) < 4.78 is 0. The van der Waals surface area contributed by atoms with E-state index < -0.39 is 5.60 Å². The second-order valence-corrected chi connectivity index (χ2v) is 4.45. The molecule has 0 bridgehead atoms. The quantitative estimate of drug-likeness (QED) is 0.694. The molecular weight excluding hydrogens is 192 g/mol. The van der Waals surface area contributed by atoms with E-state index in [4.69, 9.17) is 0 Å². The molecule has 1 fully saturated rings. The molecule has 0 aromatic carbocycles. The summed E-state index contributed by atoms with van der Waals surface area (Å²) in [6.07, 6.45) is 1.81. The van der Waals surface area contributed by atoms with Gasteiger partial charge in [-0.05, 0) is 20.3 Å². The first-order valence-electron chi connectivity index (χ1n) is 5.76.